The zero-order valence-electron chi connectivity index (χ0n) is 19.5. The maximum Gasteiger partial charge on any atom is 0.314 e. The van der Waals surface area contributed by atoms with Crippen LogP contribution >= 0.6 is 0 Å². The fourth-order valence-electron chi connectivity index (χ4n) is 6.96. The minimum absolute atomic E-state index is 0.194. The fourth-order valence-corrected chi connectivity index (χ4v) is 6.96. The number of amides is 2. The number of H-pyrrole nitrogens is 1. The molecule has 4 saturated carbocycles. The van der Waals surface area contributed by atoms with Crippen LogP contribution < -0.4 is 10.6 Å². The molecule has 4 fully saturated rings. The molecule has 4 aliphatic carbocycles. The highest BCUT2D eigenvalue weighted by Gasteiger charge is 2.55. The summed E-state index contributed by atoms with van der Waals surface area (Å²) in [6.45, 7) is 1.04. The highest BCUT2D eigenvalue weighted by atomic mass is 16.3. The van der Waals surface area contributed by atoms with Gasteiger partial charge < -0.3 is 20.6 Å². The zero-order chi connectivity index (χ0) is 23.6. The number of rotatable bonds is 5. The van der Waals surface area contributed by atoms with Gasteiger partial charge in [-0.15, -0.1) is 0 Å². The van der Waals surface area contributed by atoms with Gasteiger partial charge in [-0.2, -0.15) is 0 Å². The summed E-state index contributed by atoms with van der Waals surface area (Å²) >= 11 is 0. The molecule has 3 heterocycles. The molecule has 34 heavy (non-hydrogen) atoms. The summed E-state index contributed by atoms with van der Waals surface area (Å²) in [5.74, 6) is 0.407. The maximum atomic E-state index is 12.7. The van der Waals surface area contributed by atoms with Gasteiger partial charge in [0.25, 0.3) is 0 Å². The lowest BCUT2D eigenvalue weighted by molar-refractivity contribution is -0.148. The first-order valence-corrected chi connectivity index (χ1v) is 12.1. The second kappa shape index (κ2) is 7.78. The number of aliphatic hydroxyl groups is 1. The lowest BCUT2D eigenvalue weighted by Crippen LogP contribution is -2.55. The monoisotopic (exact) mass is 465 g/mol. The predicted molar refractivity (Wildman–Crippen MR) is 127 cm³/mol. The number of nitrogens with zero attached hydrogens (tertiary/aromatic N) is 4. The van der Waals surface area contributed by atoms with Gasteiger partial charge >= 0.3 is 11.8 Å². The normalized spacial score (nSPS) is 29.9. The number of hydrogen-bond acceptors (Lipinski definition) is 6. The predicted octanol–water partition coefficient (Wildman–Crippen LogP) is 1.64. The molecule has 10 nitrogen and oxygen atoms in total. The van der Waals surface area contributed by atoms with Gasteiger partial charge in [0.2, 0.25) is 0 Å². The number of hydrogen-bond donors (Lipinski definition) is 4. The number of fused-ring (bicyclic) bond motifs is 3. The second-order valence-corrected chi connectivity index (χ2v) is 10.8. The molecule has 2 amide bonds. The van der Waals surface area contributed by atoms with Crippen LogP contribution in [-0.2, 0) is 9.59 Å². The zero-order valence-corrected chi connectivity index (χ0v) is 19.5. The van der Waals surface area contributed by atoms with Crippen molar-refractivity contribution in [2.24, 2.45) is 17.8 Å². The van der Waals surface area contributed by atoms with Crippen LogP contribution in [0.25, 0.3) is 21.9 Å². The van der Waals surface area contributed by atoms with Crippen LogP contribution in [-0.4, -0.2) is 74.4 Å². The van der Waals surface area contributed by atoms with Crippen molar-refractivity contribution in [3.8, 4) is 0 Å². The van der Waals surface area contributed by atoms with Crippen molar-refractivity contribution in [3.05, 3.63) is 18.5 Å². The topological polar surface area (TPSA) is 128 Å². The number of aromatic nitrogens is 4. The number of carbonyl (C=O) groups excluding carboxylic acids is 2. The Bertz CT molecular complexity index is 1260. The SMILES string of the molecule is CN(C)CCNC(=O)C(=O)Nc1[nH]n(C2[C@@H]3CC4C[C@H]2CC(O)(C4)C3)c2c1cnc1nccc12. The van der Waals surface area contributed by atoms with Crippen molar-refractivity contribution in [1.29, 1.82) is 0 Å². The van der Waals surface area contributed by atoms with Crippen molar-refractivity contribution in [2.75, 3.05) is 32.5 Å². The van der Waals surface area contributed by atoms with Crippen LogP contribution in [0.4, 0.5) is 5.82 Å². The molecule has 180 valence electrons. The van der Waals surface area contributed by atoms with Crippen LogP contribution in [0.5, 0.6) is 0 Å². The number of pyridine rings is 1. The summed E-state index contributed by atoms with van der Waals surface area (Å²) in [7, 11) is 3.82. The lowest BCUT2D eigenvalue weighted by atomic mass is 9.52. The molecule has 0 aromatic carbocycles. The highest BCUT2D eigenvalue weighted by molar-refractivity contribution is 6.40. The molecular formula is C24H31N7O3. The summed E-state index contributed by atoms with van der Waals surface area (Å²) in [6.07, 6.45) is 8.21. The minimum atomic E-state index is -0.714. The van der Waals surface area contributed by atoms with Crippen molar-refractivity contribution in [1.82, 2.24) is 30.0 Å². The van der Waals surface area contributed by atoms with Crippen LogP contribution in [0.3, 0.4) is 0 Å². The molecule has 7 rings (SSSR count). The average molecular weight is 466 g/mol. The van der Waals surface area contributed by atoms with Crippen molar-refractivity contribution in [2.45, 2.75) is 43.7 Å². The van der Waals surface area contributed by atoms with E-state index in [0.29, 0.717) is 42.3 Å². The van der Waals surface area contributed by atoms with Crippen LogP contribution in [0.2, 0.25) is 0 Å². The Balaban J connectivity index is 1.36. The quantitative estimate of drug-likeness (QED) is 0.424. The summed E-state index contributed by atoms with van der Waals surface area (Å²) < 4.78 is 2.16. The van der Waals surface area contributed by atoms with E-state index in [-0.39, 0.29) is 6.04 Å². The molecular weight excluding hydrogens is 434 g/mol. The number of likely N-dealkylation sites (N-methyl/N-ethyl adjacent to an activating group) is 1. The van der Waals surface area contributed by atoms with Gasteiger partial charge in [0.05, 0.1) is 22.5 Å². The minimum Gasteiger partial charge on any atom is -0.390 e. The Hall–Kier alpha value is -2.98. The van der Waals surface area contributed by atoms with E-state index >= 15 is 0 Å². The Morgan fingerprint density at radius 3 is 2.65 bits per heavy atom. The largest absolute Gasteiger partial charge is 0.390 e. The van der Waals surface area contributed by atoms with E-state index in [1.807, 2.05) is 25.1 Å². The first kappa shape index (κ1) is 21.5. The van der Waals surface area contributed by atoms with E-state index in [0.717, 1.165) is 48.4 Å². The van der Waals surface area contributed by atoms with E-state index in [9.17, 15) is 14.7 Å². The third-order valence-corrected chi connectivity index (χ3v) is 8.03. The van der Waals surface area contributed by atoms with E-state index < -0.39 is 17.4 Å². The Morgan fingerprint density at radius 2 is 1.94 bits per heavy atom. The third-order valence-electron chi connectivity index (χ3n) is 8.03. The summed E-state index contributed by atoms with van der Waals surface area (Å²) in [5, 5.41) is 21.6. The van der Waals surface area contributed by atoms with Crippen LogP contribution in [0, 0.1) is 17.8 Å². The van der Waals surface area contributed by atoms with Crippen LogP contribution in [0.15, 0.2) is 18.5 Å². The van der Waals surface area contributed by atoms with Crippen molar-refractivity contribution < 1.29 is 14.7 Å². The Morgan fingerprint density at radius 1 is 1.18 bits per heavy atom. The summed E-state index contributed by atoms with van der Waals surface area (Å²) in [5.41, 5.74) is 1.06. The van der Waals surface area contributed by atoms with Gasteiger partial charge in [-0.25, -0.2) is 9.97 Å². The first-order chi connectivity index (χ1) is 16.3. The first-order valence-electron chi connectivity index (χ1n) is 12.1. The van der Waals surface area contributed by atoms with Gasteiger partial charge in [0.15, 0.2) is 5.65 Å². The molecule has 3 unspecified atom stereocenters. The number of aromatic amines is 1. The van der Waals surface area contributed by atoms with Gasteiger partial charge in [0, 0.05) is 30.9 Å². The van der Waals surface area contributed by atoms with E-state index in [4.69, 9.17) is 0 Å². The van der Waals surface area contributed by atoms with Gasteiger partial charge in [-0.1, -0.05) is 0 Å². The van der Waals surface area contributed by atoms with Crippen molar-refractivity contribution >= 4 is 39.6 Å². The summed E-state index contributed by atoms with van der Waals surface area (Å²) in [4.78, 5) is 35.8. The molecule has 4 N–H and O–H groups in total. The molecule has 10 heteroatoms. The average Bonchev–Trinajstić information content (AvgIpc) is 3.36. The number of anilines is 1. The van der Waals surface area contributed by atoms with E-state index in [1.54, 1.807) is 12.4 Å². The molecule has 5 atom stereocenters. The molecule has 0 spiro atoms. The smallest absolute Gasteiger partial charge is 0.314 e. The molecule has 3 aromatic rings. The number of nitrogens with one attached hydrogen (secondary N) is 3. The Kier molecular flexibility index (Phi) is 4.93. The van der Waals surface area contributed by atoms with Gasteiger partial charge in [-0.05, 0) is 70.0 Å². The van der Waals surface area contributed by atoms with Crippen LogP contribution in [0.1, 0.15) is 38.1 Å². The van der Waals surface area contributed by atoms with Gasteiger partial charge in [-0.3, -0.25) is 19.4 Å². The number of carbonyl (C=O) groups is 2. The van der Waals surface area contributed by atoms with Gasteiger partial charge in [0.1, 0.15) is 5.82 Å². The van der Waals surface area contributed by atoms with E-state index in [1.165, 1.54) is 0 Å². The molecule has 0 saturated heterocycles. The molecule has 4 bridgehead atoms. The third kappa shape index (κ3) is 3.47. The second-order valence-electron chi connectivity index (χ2n) is 10.8. The molecule has 4 aliphatic rings. The standard InChI is InChI=1S/C24H31N7O3/c1-30(2)6-5-26-22(32)23(33)28-21-17-12-27-20-16(3-4-25-20)19(17)31(29-21)18-14-7-13-8-15(18)11-24(34,9-13)10-14/h3-4,12-15,18,29,34H,5-11H2,1-2H3,(H,26,32)(H,28,33)/t13?,14-,15+,18?,24?. The van der Waals surface area contributed by atoms with E-state index in [2.05, 4.69) is 30.4 Å². The lowest BCUT2D eigenvalue weighted by Gasteiger charge is -2.58. The molecule has 3 aromatic heterocycles. The highest BCUT2D eigenvalue weighted by Crippen LogP contribution is 2.60. The molecule has 0 radical (unpaired) electrons. The maximum absolute atomic E-state index is 12.7. The summed E-state index contributed by atoms with van der Waals surface area (Å²) in [6, 6.07) is 2.14. The Labute approximate surface area is 197 Å². The molecule has 0 aliphatic heterocycles. The fraction of sp³-hybridized carbons (Fsp3) is 0.583. The van der Waals surface area contributed by atoms with Crippen molar-refractivity contribution in [3.63, 3.8) is 0 Å².